The second kappa shape index (κ2) is 4.75. The molecule has 0 heterocycles. The molecule has 2 aromatic carbocycles. The molecule has 0 N–H and O–H groups in total. The maximum atomic E-state index is 11.4. The first-order valence-corrected chi connectivity index (χ1v) is 7.80. The Hall–Kier alpha value is -1.32. The maximum Gasteiger partial charge on any atom is 0.261 e. The van der Waals surface area contributed by atoms with Crippen LogP contribution in [0.3, 0.4) is 0 Å². The highest BCUT2D eigenvalue weighted by molar-refractivity contribution is 8.13. The number of halogens is 1. The Morgan fingerprint density at radius 2 is 1.56 bits per heavy atom. The van der Waals surface area contributed by atoms with Crippen molar-refractivity contribution in [3.8, 4) is 11.1 Å². The van der Waals surface area contributed by atoms with E-state index in [0.717, 1.165) is 22.3 Å². The summed E-state index contributed by atoms with van der Waals surface area (Å²) in [7, 11) is 1.70. The van der Waals surface area contributed by atoms with E-state index in [9.17, 15) is 8.42 Å². The molecule has 2 aromatic rings. The third kappa shape index (κ3) is 2.92. The monoisotopic (exact) mass is 280 g/mol. The molecule has 4 heteroatoms. The smallest absolute Gasteiger partial charge is 0.207 e. The number of aryl methyl sites for hydroxylation is 2. The molecule has 18 heavy (non-hydrogen) atoms. The Balaban J connectivity index is 2.63. The van der Waals surface area contributed by atoms with Crippen LogP contribution >= 0.6 is 10.7 Å². The van der Waals surface area contributed by atoms with Crippen molar-refractivity contribution in [2.75, 3.05) is 0 Å². The zero-order valence-corrected chi connectivity index (χ0v) is 11.7. The highest BCUT2D eigenvalue weighted by atomic mass is 35.7. The van der Waals surface area contributed by atoms with Gasteiger partial charge in [-0.15, -0.1) is 0 Å². The van der Waals surface area contributed by atoms with Gasteiger partial charge in [-0.2, -0.15) is 0 Å². The molecular weight excluding hydrogens is 268 g/mol. The van der Waals surface area contributed by atoms with Gasteiger partial charge in [-0.25, -0.2) is 8.42 Å². The van der Waals surface area contributed by atoms with Crippen LogP contribution in [-0.4, -0.2) is 8.42 Å². The Bertz CT molecular complexity index is 691. The molecule has 0 atom stereocenters. The molecule has 0 spiro atoms. The highest BCUT2D eigenvalue weighted by Gasteiger charge is 2.12. The second-order valence-electron chi connectivity index (χ2n) is 4.34. The van der Waals surface area contributed by atoms with Crippen molar-refractivity contribution in [2.45, 2.75) is 18.7 Å². The van der Waals surface area contributed by atoms with E-state index in [1.807, 2.05) is 44.2 Å². The quantitative estimate of drug-likeness (QED) is 0.782. The molecule has 2 nitrogen and oxygen atoms in total. The maximum absolute atomic E-state index is 11.4. The highest BCUT2D eigenvalue weighted by Crippen LogP contribution is 2.26. The molecule has 0 bridgehead atoms. The largest absolute Gasteiger partial charge is 0.261 e. The van der Waals surface area contributed by atoms with Gasteiger partial charge < -0.3 is 0 Å². The lowest BCUT2D eigenvalue weighted by molar-refractivity contribution is 0.609. The van der Waals surface area contributed by atoms with Crippen molar-refractivity contribution in [1.29, 1.82) is 0 Å². The summed E-state index contributed by atoms with van der Waals surface area (Å²) >= 11 is 0. The van der Waals surface area contributed by atoms with E-state index >= 15 is 0 Å². The van der Waals surface area contributed by atoms with Crippen LogP contribution in [-0.2, 0) is 9.05 Å². The number of hydrogen-bond acceptors (Lipinski definition) is 2. The molecule has 0 saturated carbocycles. The number of rotatable bonds is 2. The predicted octanol–water partition coefficient (Wildman–Crippen LogP) is 3.90. The van der Waals surface area contributed by atoms with Gasteiger partial charge in [0.1, 0.15) is 0 Å². The zero-order valence-electron chi connectivity index (χ0n) is 10.1. The van der Waals surface area contributed by atoms with Crippen molar-refractivity contribution < 1.29 is 8.42 Å². The fraction of sp³-hybridized carbons (Fsp3) is 0.143. The zero-order chi connectivity index (χ0) is 13.3. The predicted molar refractivity (Wildman–Crippen MR) is 74.4 cm³/mol. The van der Waals surface area contributed by atoms with Crippen LogP contribution in [0.4, 0.5) is 0 Å². The van der Waals surface area contributed by atoms with Crippen molar-refractivity contribution >= 4 is 19.7 Å². The first kappa shape index (κ1) is 13.1. The van der Waals surface area contributed by atoms with Crippen molar-refractivity contribution in [3.63, 3.8) is 0 Å². The summed E-state index contributed by atoms with van der Waals surface area (Å²) in [6.45, 7) is 3.85. The SMILES string of the molecule is Cc1cccc(-c2cc(C)cc(S(=O)(=O)Cl)c2)c1. The summed E-state index contributed by atoms with van der Waals surface area (Å²) < 4.78 is 22.8. The lowest BCUT2D eigenvalue weighted by atomic mass is 10.0. The summed E-state index contributed by atoms with van der Waals surface area (Å²) in [5.41, 5.74) is 3.84. The Kier molecular flexibility index (Phi) is 3.46. The number of benzene rings is 2. The number of hydrogen-bond donors (Lipinski definition) is 0. The molecule has 0 fully saturated rings. The van der Waals surface area contributed by atoms with E-state index in [-0.39, 0.29) is 4.90 Å². The van der Waals surface area contributed by atoms with Crippen molar-refractivity contribution in [3.05, 3.63) is 53.6 Å². The van der Waals surface area contributed by atoms with E-state index < -0.39 is 9.05 Å². The molecule has 0 aromatic heterocycles. The third-order valence-electron chi connectivity index (χ3n) is 2.68. The van der Waals surface area contributed by atoms with E-state index in [2.05, 4.69) is 0 Å². The fourth-order valence-corrected chi connectivity index (χ4v) is 2.74. The van der Waals surface area contributed by atoms with Gasteiger partial charge in [-0.1, -0.05) is 35.9 Å². The molecule has 2 rings (SSSR count). The molecule has 0 aliphatic rings. The van der Waals surface area contributed by atoms with Gasteiger partial charge in [0.15, 0.2) is 0 Å². The van der Waals surface area contributed by atoms with Crippen LogP contribution in [0.1, 0.15) is 11.1 Å². The lowest BCUT2D eigenvalue weighted by Gasteiger charge is -2.06. The van der Waals surface area contributed by atoms with Gasteiger partial charge in [0.25, 0.3) is 9.05 Å². The van der Waals surface area contributed by atoms with Gasteiger partial charge in [-0.3, -0.25) is 0 Å². The summed E-state index contributed by atoms with van der Waals surface area (Å²) in [5.74, 6) is 0. The summed E-state index contributed by atoms with van der Waals surface area (Å²) in [4.78, 5) is 0.140. The average Bonchev–Trinajstić information content (AvgIpc) is 2.27. The van der Waals surface area contributed by atoms with Crippen molar-refractivity contribution in [1.82, 2.24) is 0 Å². The second-order valence-corrected chi connectivity index (χ2v) is 6.91. The average molecular weight is 281 g/mol. The minimum absolute atomic E-state index is 0.140. The normalized spacial score (nSPS) is 11.5. The van der Waals surface area contributed by atoms with Crippen LogP contribution in [0.15, 0.2) is 47.4 Å². The molecule has 0 saturated heterocycles. The summed E-state index contributed by atoms with van der Waals surface area (Å²) in [6, 6.07) is 13.0. The fourth-order valence-electron chi connectivity index (χ4n) is 1.88. The van der Waals surface area contributed by atoms with E-state index in [1.165, 1.54) is 0 Å². The van der Waals surface area contributed by atoms with Gasteiger partial charge in [-0.05, 0) is 42.7 Å². The Labute approximate surface area is 112 Å². The van der Waals surface area contributed by atoms with E-state index in [1.54, 1.807) is 12.1 Å². The minimum atomic E-state index is -3.69. The van der Waals surface area contributed by atoms with Gasteiger partial charge in [0.2, 0.25) is 0 Å². The van der Waals surface area contributed by atoms with Crippen LogP contribution < -0.4 is 0 Å². The third-order valence-corrected chi connectivity index (χ3v) is 4.02. The van der Waals surface area contributed by atoms with E-state index in [4.69, 9.17) is 10.7 Å². The minimum Gasteiger partial charge on any atom is -0.207 e. The van der Waals surface area contributed by atoms with Crippen molar-refractivity contribution in [2.24, 2.45) is 0 Å². The first-order valence-electron chi connectivity index (χ1n) is 5.50. The van der Waals surface area contributed by atoms with E-state index in [0.29, 0.717) is 0 Å². The molecule has 0 aliphatic carbocycles. The van der Waals surface area contributed by atoms with Gasteiger partial charge >= 0.3 is 0 Å². The first-order chi connectivity index (χ1) is 8.36. The van der Waals surface area contributed by atoms with Crippen LogP contribution in [0, 0.1) is 13.8 Å². The standard InChI is InChI=1S/C14H13ClO2S/c1-10-4-3-5-12(6-10)13-7-11(2)8-14(9-13)18(15,16)17/h3-9H,1-2H3. The summed E-state index contributed by atoms with van der Waals surface area (Å²) in [6.07, 6.45) is 0. The summed E-state index contributed by atoms with van der Waals surface area (Å²) in [5, 5.41) is 0. The molecule has 0 aliphatic heterocycles. The van der Waals surface area contributed by atoms with Gasteiger partial charge in [0, 0.05) is 10.7 Å². The Morgan fingerprint density at radius 3 is 2.17 bits per heavy atom. The molecule has 0 amide bonds. The van der Waals surface area contributed by atoms with Crippen LogP contribution in [0.5, 0.6) is 0 Å². The molecule has 0 radical (unpaired) electrons. The van der Waals surface area contributed by atoms with Gasteiger partial charge in [0.05, 0.1) is 4.90 Å². The van der Waals surface area contributed by atoms with Crippen LogP contribution in [0.25, 0.3) is 11.1 Å². The molecular formula is C14H13ClO2S. The Morgan fingerprint density at radius 1 is 0.889 bits per heavy atom. The topological polar surface area (TPSA) is 34.1 Å². The van der Waals surface area contributed by atoms with Crippen LogP contribution in [0.2, 0.25) is 0 Å². The molecule has 0 unspecified atom stereocenters. The lowest BCUT2D eigenvalue weighted by Crippen LogP contribution is -1.92. The molecule has 94 valence electrons.